The first-order chi connectivity index (χ1) is 27.7. The largest absolute Gasteiger partial charge is 0.456 e. The van der Waals surface area contributed by atoms with Gasteiger partial charge in [0.1, 0.15) is 22.3 Å². The Morgan fingerprint density at radius 2 is 0.804 bits per heavy atom. The molecule has 0 aliphatic rings. The fraction of sp³-hybridized carbons (Fsp3) is 0. The van der Waals surface area contributed by atoms with Crippen LogP contribution in [0.2, 0.25) is 0 Å². The Morgan fingerprint density at radius 1 is 0.286 bits per heavy atom. The smallest absolute Gasteiger partial charge is 0.160 e. The Morgan fingerprint density at radius 3 is 1.57 bits per heavy atom. The molecule has 0 amide bonds. The van der Waals surface area contributed by atoms with E-state index in [0.29, 0.717) is 5.82 Å². The highest BCUT2D eigenvalue weighted by Gasteiger charge is 2.18. The molecule has 4 heteroatoms. The number of para-hydroxylation sites is 3. The van der Waals surface area contributed by atoms with Gasteiger partial charge in [0.25, 0.3) is 0 Å². The summed E-state index contributed by atoms with van der Waals surface area (Å²) in [6.45, 7) is 0. The number of rotatable bonds is 6. The molecule has 0 N–H and O–H groups in total. The van der Waals surface area contributed by atoms with Gasteiger partial charge in [-0.1, -0.05) is 133 Å². The van der Waals surface area contributed by atoms with E-state index in [4.69, 9.17) is 18.8 Å². The maximum atomic E-state index is 6.52. The van der Waals surface area contributed by atoms with Crippen LogP contribution in [0.15, 0.2) is 203 Å². The van der Waals surface area contributed by atoms with Crippen molar-refractivity contribution < 1.29 is 8.83 Å². The zero-order valence-corrected chi connectivity index (χ0v) is 30.2. The molecule has 4 nitrogen and oxygen atoms in total. The lowest BCUT2D eigenvalue weighted by Gasteiger charge is -2.14. The van der Waals surface area contributed by atoms with Crippen molar-refractivity contribution in [2.24, 2.45) is 0 Å². The molecule has 11 aromatic rings. The van der Waals surface area contributed by atoms with E-state index in [9.17, 15) is 0 Å². The Hall–Kier alpha value is -7.56. The second-order valence-corrected chi connectivity index (χ2v) is 14.2. The zero-order valence-electron chi connectivity index (χ0n) is 30.2. The number of furan rings is 2. The van der Waals surface area contributed by atoms with E-state index < -0.39 is 0 Å². The molecule has 0 aliphatic heterocycles. The van der Waals surface area contributed by atoms with E-state index >= 15 is 0 Å². The van der Waals surface area contributed by atoms with Crippen LogP contribution in [0.4, 0.5) is 0 Å². The van der Waals surface area contributed by atoms with Gasteiger partial charge in [0.2, 0.25) is 0 Å². The van der Waals surface area contributed by atoms with Crippen LogP contribution >= 0.6 is 0 Å². The van der Waals surface area contributed by atoms with Gasteiger partial charge < -0.3 is 8.83 Å². The monoisotopic (exact) mass is 716 g/mol. The summed E-state index contributed by atoms with van der Waals surface area (Å²) >= 11 is 0. The molecular weight excluding hydrogens is 685 g/mol. The second kappa shape index (κ2) is 13.1. The molecule has 0 atom stereocenters. The lowest BCUT2D eigenvalue weighted by atomic mass is 9.92. The summed E-state index contributed by atoms with van der Waals surface area (Å²) in [6.07, 6.45) is 0. The van der Waals surface area contributed by atoms with Gasteiger partial charge in [0, 0.05) is 38.2 Å². The molecule has 3 heterocycles. The Bertz CT molecular complexity index is 3250. The predicted molar refractivity (Wildman–Crippen MR) is 229 cm³/mol. The molecule has 8 aromatic carbocycles. The molecule has 0 fully saturated rings. The van der Waals surface area contributed by atoms with E-state index in [1.54, 1.807) is 0 Å². The van der Waals surface area contributed by atoms with E-state index in [2.05, 4.69) is 146 Å². The number of hydrogen-bond acceptors (Lipinski definition) is 4. The maximum absolute atomic E-state index is 6.52. The predicted octanol–water partition coefficient (Wildman–Crippen LogP) is 14.3. The van der Waals surface area contributed by atoms with Gasteiger partial charge in [-0.05, 0) is 94.0 Å². The molecule has 0 unspecified atom stereocenters. The summed E-state index contributed by atoms with van der Waals surface area (Å²) in [5.74, 6) is 0.649. The molecule has 0 spiro atoms. The normalized spacial score (nSPS) is 11.6. The van der Waals surface area contributed by atoms with Gasteiger partial charge in [-0.3, -0.25) is 0 Å². The van der Waals surface area contributed by atoms with Crippen LogP contribution in [0.3, 0.4) is 0 Å². The van der Waals surface area contributed by atoms with Gasteiger partial charge in [0.15, 0.2) is 5.82 Å². The molecule has 11 rings (SSSR count). The summed E-state index contributed by atoms with van der Waals surface area (Å²) in [5, 5.41) is 4.33. The van der Waals surface area contributed by atoms with E-state index in [1.165, 1.54) is 5.56 Å². The summed E-state index contributed by atoms with van der Waals surface area (Å²) in [6, 6.07) is 67.5. The van der Waals surface area contributed by atoms with Crippen LogP contribution in [0.25, 0.3) is 111 Å². The van der Waals surface area contributed by atoms with Crippen molar-refractivity contribution in [3.8, 4) is 67.3 Å². The SMILES string of the molecule is c1ccc(-c2cccc(-c3cc(-c4ccc5oc6ccccc6c5c4)cc(-c4cc(-c5cccc6c5oc5ccccc56)nc(-c5ccccc5)n4)c3)c2)cc1. The van der Waals surface area contributed by atoms with Crippen molar-refractivity contribution in [1.29, 1.82) is 0 Å². The van der Waals surface area contributed by atoms with Crippen LogP contribution in [0.1, 0.15) is 0 Å². The number of hydrogen-bond donors (Lipinski definition) is 0. The highest BCUT2D eigenvalue weighted by molar-refractivity contribution is 6.09. The third-order valence-corrected chi connectivity index (χ3v) is 10.7. The zero-order chi connectivity index (χ0) is 37.0. The Kier molecular flexibility index (Phi) is 7.46. The molecule has 0 aliphatic carbocycles. The summed E-state index contributed by atoms with van der Waals surface area (Å²) in [4.78, 5) is 10.5. The van der Waals surface area contributed by atoms with Gasteiger partial charge in [-0.15, -0.1) is 0 Å². The number of benzene rings is 8. The van der Waals surface area contributed by atoms with Crippen molar-refractivity contribution in [3.63, 3.8) is 0 Å². The Labute approximate surface area is 323 Å². The lowest BCUT2D eigenvalue weighted by Crippen LogP contribution is -1.97. The average molecular weight is 717 g/mol. The fourth-order valence-electron chi connectivity index (χ4n) is 7.92. The molecule has 0 saturated heterocycles. The minimum Gasteiger partial charge on any atom is -0.456 e. The van der Waals surface area contributed by atoms with E-state index in [-0.39, 0.29) is 0 Å². The molecule has 262 valence electrons. The van der Waals surface area contributed by atoms with Crippen molar-refractivity contribution in [3.05, 3.63) is 194 Å². The average Bonchev–Trinajstić information content (AvgIpc) is 3.85. The van der Waals surface area contributed by atoms with Crippen LogP contribution in [0.5, 0.6) is 0 Å². The third-order valence-electron chi connectivity index (χ3n) is 10.7. The number of aromatic nitrogens is 2. The minimum absolute atomic E-state index is 0.649. The number of nitrogens with zero attached hydrogens (tertiary/aromatic N) is 2. The highest BCUT2D eigenvalue weighted by atomic mass is 16.3. The van der Waals surface area contributed by atoms with E-state index in [1.807, 2.05) is 48.5 Å². The molecule has 0 saturated carbocycles. The van der Waals surface area contributed by atoms with Gasteiger partial charge in [-0.2, -0.15) is 0 Å². The van der Waals surface area contributed by atoms with E-state index in [0.717, 1.165) is 99.8 Å². The summed E-state index contributed by atoms with van der Waals surface area (Å²) < 4.78 is 12.7. The standard InChI is InChI=1S/C52H32N2O2/c1-3-13-33(14-4-1)35-17-11-18-36(27-35)38-28-39(37-25-26-50-45(31-37)42-20-8-9-23-48(42)55-50)30-40(29-38)46-32-47(54-52(53-46)34-15-5-2-6-16-34)44-22-12-21-43-41-19-7-10-24-49(41)56-51(43)44/h1-32H. The molecule has 0 radical (unpaired) electrons. The summed E-state index contributed by atoms with van der Waals surface area (Å²) in [7, 11) is 0. The highest BCUT2D eigenvalue weighted by Crippen LogP contribution is 2.40. The molecule has 0 bridgehead atoms. The van der Waals surface area contributed by atoms with Crippen molar-refractivity contribution in [1.82, 2.24) is 9.97 Å². The quantitative estimate of drug-likeness (QED) is 0.172. The van der Waals surface area contributed by atoms with Crippen LogP contribution in [0, 0.1) is 0 Å². The van der Waals surface area contributed by atoms with Gasteiger partial charge >= 0.3 is 0 Å². The lowest BCUT2D eigenvalue weighted by molar-refractivity contribution is 0.669. The first kappa shape index (κ1) is 31.9. The van der Waals surface area contributed by atoms with Crippen molar-refractivity contribution >= 4 is 43.9 Å². The minimum atomic E-state index is 0.649. The second-order valence-electron chi connectivity index (χ2n) is 14.2. The van der Waals surface area contributed by atoms with Crippen molar-refractivity contribution in [2.75, 3.05) is 0 Å². The first-order valence-electron chi connectivity index (χ1n) is 18.8. The molecule has 3 aromatic heterocycles. The van der Waals surface area contributed by atoms with Crippen LogP contribution < -0.4 is 0 Å². The first-order valence-corrected chi connectivity index (χ1v) is 18.8. The topological polar surface area (TPSA) is 52.1 Å². The summed E-state index contributed by atoms with van der Waals surface area (Å²) in [5.41, 5.74) is 14.6. The van der Waals surface area contributed by atoms with Crippen LogP contribution in [-0.4, -0.2) is 9.97 Å². The number of fused-ring (bicyclic) bond motifs is 6. The Balaban J connectivity index is 1.15. The fourth-order valence-corrected chi connectivity index (χ4v) is 7.92. The van der Waals surface area contributed by atoms with Crippen LogP contribution in [-0.2, 0) is 0 Å². The van der Waals surface area contributed by atoms with Gasteiger partial charge in [-0.25, -0.2) is 9.97 Å². The third kappa shape index (κ3) is 5.55. The van der Waals surface area contributed by atoms with Crippen molar-refractivity contribution in [2.45, 2.75) is 0 Å². The molecule has 56 heavy (non-hydrogen) atoms. The van der Waals surface area contributed by atoms with Gasteiger partial charge in [0.05, 0.1) is 11.4 Å². The molecular formula is C52H32N2O2. The maximum Gasteiger partial charge on any atom is 0.160 e.